The largest absolute Gasteiger partial charge is 0.381 e. The summed E-state index contributed by atoms with van der Waals surface area (Å²) in [6.45, 7) is 2.76. The summed E-state index contributed by atoms with van der Waals surface area (Å²) in [6.07, 6.45) is -2.67. The van der Waals surface area contributed by atoms with Crippen LogP contribution in [0.5, 0.6) is 0 Å². The molecule has 3 rings (SSSR count). The predicted molar refractivity (Wildman–Crippen MR) is 89.6 cm³/mol. The number of nitrogens with one attached hydrogen (secondary N) is 3. The topological polar surface area (TPSA) is 82.7 Å². The number of urea groups is 2. The van der Waals surface area contributed by atoms with Crippen molar-refractivity contribution in [2.75, 3.05) is 13.2 Å². The van der Waals surface area contributed by atoms with Crippen molar-refractivity contribution in [2.24, 2.45) is 0 Å². The Labute approximate surface area is 150 Å². The Kier molecular flexibility index (Phi) is 5.67. The van der Waals surface area contributed by atoms with Crippen LogP contribution in [0.3, 0.4) is 0 Å². The van der Waals surface area contributed by atoms with Crippen LogP contribution < -0.4 is 16.0 Å². The van der Waals surface area contributed by atoms with Crippen molar-refractivity contribution in [3.8, 4) is 0 Å². The van der Waals surface area contributed by atoms with E-state index in [2.05, 4.69) is 16.0 Å². The molecule has 3 N–H and O–H groups in total. The molecule has 1 aromatic carbocycles. The first kappa shape index (κ1) is 18.5. The zero-order chi connectivity index (χ0) is 18.7. The smallest absolute Gasteiger partial charge is 0.328 e. The number of hydrogen-bond donors (Lipinski definition) is 3. The highest BCUT2D eigenvalue weighted by Crippen LogP contribution is 2.23. The van der Waals surface area contributed by atoms with Crippen molar-refractivity contribution in [3.05, 3.63) is 35.4 Å². The first-order chi connectivity index (χ1) is 12.5. The average molecular weight is 368 g/mol. The third-order valence-electron chi connectivity index (χ3n) is 4.53. The fourth-order valence-corrected chi connectivity index (χ4v) is 3.23. The van der Waals surface area contributed by atoms with Crippen LogP contribution in [0.15, 0.2) is 24.3 Å². The summed E-state index contributed by atoms with van der Waals surface area (Å²) in [5.74, 6) is 0. The van der Waals surface area contributed by atoms with E-state index >= 15 is 0 Å². The number of aryl methyl sites for hydroxylation is 1. The van der Waals surface area contributed by atoms with Gasteiger partial charge in [-0.1, -0.05) is 29.8 Å². The lowest BCUT2D eigenvalue weighted by molar-refractivity contribution is 0.0457. The van der Waals surface area contributed by atoms with E-state index < -0.39 is 30.8 Å². The molecule has 0 aromatic heterocycles. The minimum Gasteiger partial charge on any atom is -0.381 e. The first-order valence-corrected chi connectivity index (χ1v) is 8.54. The predicted octanol–water partition coefficient (Wildman–Crippen LogP) is 2.09. The number of nitrogens with zero attached hydrogens (tertiary/aromatic N) is 1. The van der Waals surface area contributed by atoms with Gasteiger partial charge in [0.05, 0.1) is 6.04 Å². The number of carbonyl (C=O) groups excluding carboxylic acids is 2. The van der Waals surface area contributed by atoms with Crippen molar-refractivity contribution in [1.82, 2.24) is 20.9 Å². The molecule has 142 valence electrons. The van der Waals surface area contributed by atoms with Gasteiger partial charge in [-0.05, 0) is 25.3 Å². The maximum Gasteiger partial charge on any atom is 0.328 e. The normalized spacial score (nSPS) is 20.8. The third-order valence-corrected chi connectivity index (χ3v) is 4.53. The lowest BCUT2D eigenvalue weighted by Crippen LogP contribution is -2.70. The number of ether oxygens (including phenoxy) is 1. The van der Waals surface area contributed by atoms with Gasteiger partial charge in [-0.25, -0.2) is 23.3 Å². The van der Waals surface area contributed by atoms with Crippen LogP contribution in [-0.2, 0) is 4.74 Å². The molecule has 2 aliphatic heterocycles. The highest BCUT2D eigenvalue weighted by atomic mass is 19.3. The molecule has 4 amide bonds. The molecule has 0 bridgehead atoms. The van der Waals surface area contributed by atoms with E-state index in [1.54, 1.807) is 18.2 Å². The highest BCUT2D eigenvalue weighted by molar-refractivity contribution is 5.96. The third kappa shape index (κ3) is 4.10. The van der Waals surface area contributed by atoms with Crippen molar-refractivity contribution in [1.29, 1.82) is 0 Å². The van der Waals surface area contributed by atoms with Crippen LogP contribution in [0.4, 0.5) is 18.4 Å². The van der Waals surface area contributed by atoms with Gasteiger partial charge < -0.3 is 15.4 Å². The molecular weight excluding hydrogens is 346 g/mol. The van der Waals surface area contributed by atoms with Gasteiger partial charge in [-0.3, -0.25) is 5.32 Å². The molecule has 2 heterocycles. The molecule has 7 nitrogen and oxygen atoms in total. The monoisotopic (exact) mass is 368 g/mol. The second kappa shape index (κ2) is 7.96. The van der Waals surface area contributed by atoms with Gasteiger partial charge in [0.25, 0.3) is 6.43 Å². The highest BCUT2D eigenvalue weighted by Gasteiger charge is 2.38. The number of alkyl halides is 2. The second-order valence-electron chi connectivity index (χ2n) is 6.44. The molecule has 0 unspecified atom stereocenters. The average Bonchev–Trinajstić information content (AvgIpc) is 2.60. The molecule has 1 aromatic rings. The molecule has 2 aliphatic rings. The Morgan fingerprint density at radius 3 is 2.42 bits per heavy atom. The SMILES string of the molecule is Cc1cccc([C@H](NC2NC(=O)N(C3CCOCC3)C(=O)N2)C(F)F)c1. The van der Waals surface area contributed by atoms with Crippen LogP contribution in [0, 0.1) is 6.92 Å². The molecule has 26 heavy (non-hydrogen) atoms. The quantitative estimate of drug-likeness (QED) is 0.743. The van der Waals surface area contributed by atoms with Gasteiger partial charge in [0, 0.05) is 19.3 Å². The standard InChI is InChI=1S/C17H22F2N4O3/c1-10-3-2-4-11(9-10)13(14(18)19)20-15-21-16(24)23(17(25)22-15)12-5-7-26-8-6-12/h2-4,9,12-15,20H,5-8H2,1H3,(H,21,24)(H,22,25)/t13-/m0/s1. The number of benzene rings is 1. The lowest BCUT2D eigenvalue weighted by Gasteiger charge is -2.39. The fraction of sp³-hybridized carbons (Fsp3) is 0.529. The van der Waals surface area contributed by atoms with E-state index in [9.17, 15) is 18.4 Å². The maximum atomic E-state index is 13.5. The summed E-state index contributed by atoms with van der Waals surface area (Å²) >= 11 is 0. The molecule has 2 saturated heterocycles. The van der Waals surface area contributed by atoms with E-state index in [1.165, 1.54) is 0 Å². The molecule has 0 saturated carbocycles. The van der Waals surface area contributed by atoms with Crippen LogP contribution in [0.1, 0.15) is 30.0 Å². The van der Waals surface area contributed by atoms with Crippen molar-refractivity contribution in [3.63, 3.8) is 0 Å². The Hall–Kier alpha value is -2.26. The zero-order valence-electron chi connectivity index (χ0n) is 14.4. The van der Waals surface area contributed by atoms with Gasteiger partial charge in [0.15, 0.2) is 6.29 Å². The van der Waals surface area contributed by atoms with Gasteiger partial charge in [0.2, 0.25) is 0 Å². The summed E-state index contributed by atoms with van der Waals surface area (Å²) < 4.78 is 32.3. The number of halogens is 2. The van der Waals surface area contributed by atoms with E-state index in [0.29, 0.717) is 31.6 Å². The van der Waals surface area contributed by atoms with E-state index in [1.807, 2.05) is 13.0 Å². The minimum atomic E-state index is -2.71. The van der Waals surface area contributed by atoms with Crippen LogP contribution in [-0.4, -0.2) is 48.9 Å². The number of hydrogen-bond acceptors (Lipinski definition) is 4. The number of rotatable bonds is 5. The maximum absolute atomic E-state index is 13.5. The summed E-state index contributed by atoms with van der Waals surface area (Å²) in [5.41, 5.74) is 1.23. The Bertz CT molecular complexity index is 649. The van der Waals surface area contributed by atoms with E-state index in [0.717, 1.165) is 10.5 Å². The number of amides is 4. The second-order valence-corrected chi connectivity index (χ2v) is 6.44. The molecule has 1 atom stereocenters. The lowest BCUT2D eigenvalue weighted by atomic mass is 10.0. The van der Waals surface area contributed by atoms with Crippen LogP contribution >= 0.6 is 0 Å². The number of imide groups is 1. The van der Waals surface area contributed by atoms with Crippen molar-refractivity contribution in [2.45, 2.75) is 44.6 Å². The van der Waals surface area contributed by atoms with Crippen LogP contribution in [0.25, 0.3) is 0 Å². The van der Waals surface area contributed by atoms with E-state index in [-0.39, 0.29) is 6.04 Å². The molecule has 2 fully saturated rings. The summed E-state index contributed by atoms with van der Waals surface area (Å²) in [6, 6.07) is 3.94. The summed E-state index contributed by atoms with van der Waals surface area (Å²) in [5, 5.41) is 7.69. The van der Waals surface area contributed by atoms with Crippen LogP contribution in [0.2, 0.25) is 0 Å². The summed E-state index contributed by atoms with van der Waals surface area (Å²) in [7, 11) is 0. The molecule has 9 heteroatoms. The fourth-order valence-electron chi connectivity index (χ4n) is 3.23. The molecule has 0 spiro atoms. The number of carbonyl (C=O) groups is 2. The zero-order valence-corrected chi connectivity index (χ0v) is 14.4. The Morgan fingerprint density at radius 2 is 1.85 bits per heavy atom. The van der Waals surface area contributed by atoms with E-state index in [4.69, 9.17) is 4.74 Å². The Morgan fingerprint density at radius 1 is 1.19 bits per heavy atom. The van der Waals surface area contributed by atoms with Gasteiger partial charge in [0.1, 0.15) is 0 Å². The molecule has 0 radical (unpaired) electrons. The van der Waals surface area contributed by atoms with Crippen molar-refractivity contribution >= 4 is 12.1 Å². The molecule has 0 aliphatic carbocycles. The van der Waals surface area contributed by atoms with Crippen molar-refractivity contribution < 1.29 is 23.1 Å². The first-order valence-electron chi connectivity index (χ1n) is 8.54. The summed E-state index contributed by atoms with van der Waals surface area (Å²) in [4.78, 5) is 25.8. The van der Waals surface area contributed by atoms with Gasteiger partial charge >= 0.3 is 12.1 Å². The van der Waals surface area contributed by atoms with Gasteiger partial charge in [-0.2, -0.15) is 0 Å². The van der Waals surface area contributed by atoms with Gasteiger partial charge in [-0.15, -0.1) is 0 Å². The Balaban J connectivity index is 1.68. The minimum absolute atomic E-state index is 0.257. The molecular formula is C17H22F2N4O3.